The number of rotatable bonds is 10. The second-order valence-electron chi connectivity index (χ2n) is 24.2. The number of ether oxygens (including phenoxy) is 1. The fourth-order valence-corrected chi connectivity index (χ4v) is 15.2. The van der Waals surface area contributed by atoms with E-state index >= 15 is 0 Å². The van der Waals surface area contributed by atoms with Gasteiger partial charge in [0.1, 0.15) is 11.8 Å². The number of nitrogens with one attached hydrogen (secondary N) is 2. The van der Waals surface area contributed by atoms with E-state index in [1.807, 2.05) is 13.0 Å². The summed E-state index contributed by atoms with van der Waals surface area (Å²) in [7, 11) is 0. The van der Waals surface area contributed by atoms with Crippen LogP contribution in [0.5, 0.6) is 5.75 Å². The number of piperazine rings is 1. The number of nitrogens with zero attached hydrogens (tertiary/aromatic N) is 6. The summed E-state index contributed by atoms with van der Waals surface area (Å²) in [5.41, 5.74) is 4.34. The minimum atomic E-state index is -0.430. The highest BCUT2D eigenvalue weighted by Crippen LogP contribution is 2.75. The molecule has 8 aliphatic rings. The standard InChI is InChI=1S/C58H75ClN8O5/c1-37-43-13-15-48-56(4,44(43)32-47(68)51(37)69)22-24-58(6)49-33-55(3,20-19-54(49,2)21-23-57(48,58)5)53(71)61-36-66-29-27-65(28-30-66)35-38-17-25-67(26-18-38)50-16-14-46(63-64-50)52(70)62-40-8-11-41(12-9-40)72-42-10-7-39(34-60)45(59)31-42/h7,10,13-16,31-32,38,40-41,49,69H,8-9,11-12,17-30,33,35-36H2,1-6H3,(H,61,71)(H,62,70)/t40?,41?,49-,54-,55-,56+,57-,58+/m1/s1. The van der Waals surface area contributed by atoms with Crippen molar-refractivity contribution in [2.24, 2.45) is 38.9 Å². The molecule has 0 spiro atoms. The van der Waals surface area contributed by atoms with Gasteiger partial charge in [0, 0.05) is 74.3 Å². The number of hydrogen-bond acceptors (Lipinski definition) is 11. The zero-order valence-electron chi connectivity index (χ0n) is 43.4. The van der Waals surface area contributed by atoms with Crippen molar-refractivity contribution in [2.75, 3.05) is 57.4 Å². The van der Waals surface area contributed by atoms with Crippen LogP contribution in [0, 0.1) is 50.2 Å². The molecule has 6 atom stereocenters. The number of ketones is 1. The lowest BCUT2D eigenvalue weighted by atomic mass is 9.34. The van der Waals surface area contributed by atoms with Crippen LogP contribution in [0.1, 0.15) is 141 Å². The Balaban J connectivity index is 0.656. The minimum Gasteiger partial charge on any atom is -0.504 e. The topological polar surface area (TPSA) is 164 Å². The molecular weight excluding hydrogens is 924 g/mol. The average Bonchev–Trinajstić information content (AvgIpc) is 3.38. The zero-order valence-corrected chi connectivity index (χ0v) is 44.2. The molecule has 72 heavy (non-hydrogen) atoms. The molecule has 2 aliphatic heterocycles. The molecule has 13 nitrogen and oxygen atoms in total. The lowest BCUT2D eigenvalue weighted by molar-refractivity contribution is -0.169. The van der Waals surface area contributed by atoms with Crippen LogP contribution in [0.15, 0.2) is 76.6 Å². The molecule has 6 aliphatic carbocycles. The van der Waals surface area contributed by atoms with E-state index < -0.39 is 5.41 Å². The largest absolute Gasteiger partial charge is 0.504 e. The fraction of sp³-hybridized carbons (Fsp3) is 0.621. The molecule has 3 heterocycles. The summed E-state index contributed by atoms with van der Waals surface area (Å²) in [6.45, 7) is 21.3. The van der Waals surface area contributed by atoms with Crippen LogP contribution in [0.25, 0.3) is 0 Å². The van der Waals surface area contributed by atoms with Gasteiger partial charge in [-0.3, -0.25) is 19.3 Å². The molecule has 2 aromatic rings. The third-order valence-corrected chi connectivity index (χ3v) is 20.4. The Morgan fingerprint density at radius 2 is 1.60 bits per heavy atom. The molecule has 0 unspecified atom stereocenters. The smallest absolute Gasteiger partial charge is 0.272 e. The van der Waals surface area contributed by atoms with Gasteiger partial charge in [0.15, 0.2) is 17.3 Å². The molecule has 10 rings (SSSR count). The number of carbonyl (C=O) groups is 3. The van der Waals surface area contributed by atoms with Crippen LogP contribution in [0.3, 0.4) is 0 Å². The highest BCUT2D eigenvalue weighted by molar-refractivity contribution is 6.31. The first-order chi connectivity index (χ1) is 34.3. The van der Waals surface area contributed by atoms with Gasteiger partial charge >= 0.3 is 0 Å². The van der Waals surface area contributed by atoms with Gasteiger partial charge in [0.05, 0.1) is 23.4 Å². The number of carbonyl (C=O) groups excluding carboxylic acids is 3. The summed E-state index contributed by atoms with van der Waals surface area (Å²) in [4.78, 5) is 47.8. The summed E-state index contributed by atoms with van der Waals surface area (Å²) >= 11 is 6.18. The maximum absolute atomic E-state index is 14.4. The van der Waals surface area contributed by atoms with Gasteiger partial charge in [0.2, 0.25) is 11.7 Å². The lowest BCUT2D eigenvalue weighted by Crippen LogP contribution is -2.62. The van der Waals surface area contributed by atoms with Crippen molar-refractivity contribution in [2.45, 2.75) is 137 Å². The molecule has 3 N–H and O–H groups in total. The number of aliphatic hydroxyl groups is 1. The van der Waals surface area contributed by atoms with Crippen molar-refractivity contribution >= 4 is 35.0 Å². The number of piperidine rings is 1. The first kappa shape index (κ1) is 50.5. The summed E-state index contributed by atoms with van der Waals surface area (Å²) in [6.07, 6.45) is 18.7. The van der Waals surface area contributed by atoms with E-state index in [0.29, 0.717) is 46.1 Å². The van der Waals surface area contributed by atoms with Gasteiger partial charge in [-0.2, -0.15) is 5.26 Å². The van der Waals surface area contributed by atoms with Gasteiger partial charge in [0.25, 0.3) is 5.91 Å². The van der Waals surface area contributed by atoms with E-state index in [9.17, 15) is 19.5 Å². The second-order valence-corrected chi connectivity index (χ2v) is 24.6. The molecule has 2 saturated heterocycles. The predicted molar refractivity (Wildman–Crippen MR) is 279 cm³/mol. The first-order valence-electron chi connectivity index (χ1n) is 26.9. The third kappa shape index (κ3) is 9.10. The maximum atomic E-state index is 14.4. The van der Waals surface area contributed by atoms with Crippen LogP contribution in [-0.4, -0.2) is 107 Å². The number of anilines is 1. The molecule has 6 fully saturated rings. The van der Waals surface area contributed by atoms with Gasteiger partial charge in [-0.15, -0.1) is 10.2 Å². The number of aromatic nitrogens is 2. The molecule has 1 aromatic carbocycles. The fourth-order valence-electron chi connectivity index (χ4n) is 15.0. The number of aliphatic hydroxyl groups excluding tert-OH is 1. The van der Waals surface area contributed by atoms with E-state index in [0.717, 1.165) is 146 Å². The van der Waals surface area contributed by atoms with Crippen molar-refractivity contribution in [1.29, 1.82) is 5.26 Å². The van der Waals surface area contributed by atoms with Crippen molar-refractivity contribution < 1.29 is 24.2 Å². The first-order valence-corrected chi connectivity index (χ1v) is 27.3. The highest BCUT2D eigenvalue weighted by Gasteiger charge is 2.67. The molecule has 2 amide bonds. The lowest BCUT2D eigenvalue weighted by Gasteiger charge is -2.70. The summed E-state index contributed by atoms with van der Waals surface area (Å²) in [5, 5.41) is 35.5. The number of allylic oxidation sites excluding steroid dienone is 7. The van der Waals surface area contributed by atoms with Crippen molar-refractivity contribution in [1.82, 2.24) is 30.6 Å². The SMILES string of the molecule is CC1=C(O)C(=O)C=C2C1=CC=C1[C@@]2(C)CC[C@@]2(C)[C@@H]3C[C@](C)(C(=O)NCN4CCN(CC5CCN(c6ccc(C(=O)NC7CCC(Oc8ccc(C#N)c(Cl)c8)CC7)nn6)CC5)CC4)CC[C@]3(C)CC[C@]12C. The molecule has 1 aromatic heterocycles. The van der Waals surface area contributed by atoms with Gasteiger partial charge < -0.3 is 30.3 Å². The Morgan fingerprint density at radius 3 is 2.29 bits per heavy atom. The summed E-state index contributed by atoms with van der Waals surface area (Å²) in [6, 6.07) is 10.9. The van der Waals surface area contributed by atoms with Crippen molar-refractivity contribution in [3.05, 3.63) is 92.9 Å². The van der Waals surface area contributed by atoms with E-state index in [-0.39, 0.29) is 57.2 Å². The average molecular weight is 1000 g/mol. The van der Waals surface area contributed by atoms with Gasteiger partial charge in [-0.25, -0.2) is 0 Å². The van der Waals surface area contributed by atoms with Crippen LogP contribution in [-0.2, 0) is 9.59 Å². The quantitative estimate of drug-likeness (QED) is 0.208. The van der Waals surface area contributed by atoms with Crippen LogP contribution >= 0.6 is 11.6 Å². The number of benzene rings is 1. The molecular formula is C58H75ClN8O5. The van der Waals surface area contributed by atoms with Crippen molar-refractivity contribution in [3.8, 4) is 11.8 Å². The number of nitriles is 1. The van der Waals surface area contributed by atoms with Gasteiger partial charge in [-0.05, 0) is 160 Å². The normalized spacial score (nSPS) is 34.2. The molecule has 14 heteroatoms. The Bertz CT molecular complexity index is 2650. The van der Waals surface area contributed by atoms with E-state index in [1.54, 1.807) is 30.3 Å². The monoisotopic (exact) mass is 999 g/mol. The maximum Gasteiger partial charge on any atom is 0.272 e. The van der Waals surface area contributed by atoms with Gasteiger partial charge in [-0.1, -0.05) is 63.9 Å². The molecule has 4 saturated carbocycles. The Kier molecular flexibility index (Phi) is 13.6. The Hall–Kier alpha value is -5.03. The van der Waals surface area contributed by atoms with E-state index in [1.165, 1.54) is 5.57 Å². The number of fused-ring (bicyclic) bond motifs is 7. The Morgan fingerprint density at radius 1 is 0.875 bits per heavy atom. The van der Waals surface area contributed by atoms with Crippen LogP contribution < -0.4 is 20.3 Å². The van der Waals surface area contributed by atoms with Crippen molar-refractivity contribution in [3.63, 3.8) is 0 Å². The molecule has 0 bridgehead atoms. The van der Waals surface area contributed by atoms with E-state index in [4.69, 9.17) is 21.6 Å². The minimum absolute atomic E-state index is 0.00300. The summed E-state index contributed by atoms with van der Waals surface area (Å²) in [5.74, 6) is 2.05. The second kappa shape index (κ2) is 19.3. The Labute approximate surface area is 431 Å². The number of halogens is 1. The zero-order chi connectivity index (χ0) is 50.8. The predicted octanol–water partition coefficient (Wildman–Crippen LogP) is 9.66. The van der Waals surface area contributed by atoms with Crippen LogP contribution in [0.2, 0.25) is 5.02 Å². The number of amides is 2. The summed E-state index contributed by atoms with van der Waals surface area (Å²) < 4.78 is 6.11. The third-order valence-electron chi connectivity index (χ3n) is 20.1. The highest BCUT2D eigenvalue weighted by atomic mass is 35.5. The van der Waals surface area contributed by atoms with E-state index in [2.05, 4.69) is 88.4 Å². The van der Waals surface area contributed by atoms with Crippen LogP contribution in [0.4, 0.5) is 5.82 Å². The molecule has 384 valence electrons. The molecule has 0 radical (unpaired) electrons. The number of hydrogen-bond donors (Lipinski definition) is 3.